The lowest BCUT2D eigenvalue weighted by Gasteiger charge is -2.10. The van der Waals surface area contributed by atoms with Gasteiger partial charge in [0.15, 0.2) is 0 Å². The fraction of sp³-hybridized carbons (Fsp3) is 0.100. The fourth-order valence-corrected chi connectivity index (χ4v) is 2.55. The third kappa shape index (κ3) is 4.32. The fourth-order valence-electron chi connectivity index (χ4n) is 2.38. The van der Waals surface area contributed by atoms with E-state index in [1.54, 1.807) is 49.7 Å². The summed E-state index contributed by atoms with van der Waals surface area (Å²) in [6, 6.07) is 16.2. The lowest BCUT2D eigenvalue weighted by molar-refractivity contribution is 0.102. The van der Waals surface area contributed by atoms with Crippen molar-refractivity contribution in [3.8, 4) is 5.75 Å². The second-order valence-electron chi connectivity index (χ2n) is 5.70. The molecule has 0 aliphatic heterocycles. The Bertz CT molecular complexity index is 927. The van der Waals surface area contributed by atoms with Crippen LogP contribution in [0.3, 0.4) is 0 Å². The summed E-state index contributed by atoms with van der Waals surface area (Å²) in [7, 11) is 1.56. The second-order valence-corrected chi connectivity index (χ2v) is 6.14. The number of hydrogen-bond donors (Lipinski definition) is 2. The molecule has 1 heterocycles. The van der Waals surface area contributed by atoms with Crippen LogP contribution in [0.1, 0.15) is 15.9 Å². The summed E-state index contributed by atoms with van der Waals surface area (Å²) < 4.78 is 5.14. The molecule has 0 saturated heterocycles. The summed E-state index contributed by atoms with van der Waals surface area (Å²) in [4.78, 5) is 16.6. The molecule has 5 nitrogen and oxygen atoms in total. The molecule has 0 spiro atoms. The molecule has 0 fully saturated rings. The van der Waals surface area contributed by atoms with Crippen molar-refractivity contribution in [3.63, 3.8) is 0 Å². The van der Waals surface area contributed by atoms with Gasteiger partial charge in [-0.15, -0.1) is 0 Å². The number of aromatic nitrogens is 1. The number of amides is 1. The van der Waals surface area contributed by atoms with Gasteiger partial charge in [-0.3, -0.25) is 4.79 Å². The normalized spacial score (nSPS) is 10.3. The van der Waals surface area contributed by atoms with Crippen molar-refractivity contribution in [2.75, 3.05) is 17.7 Å². The molecule has 2 aromatic carbocycles. The lowest BCUT2D eigenvalue weighted by atomic mass is 10.2. The molecule has 0 atom stereocenters. The van der Waals surface area contributed by atoms with Gasteiger partial charge in [0.25, 0.3) is 5.91 Å². The van der Waals surface area contributed by atoms with Gasteiger partial charge in [0.2, 0.25) is 0 Å². The number of nitrogens with one attached hydrogen (secondary N) is 2. The van der Waals surface area contributed by atoms with E-state index in [4.69, 9.17) is 16.3 Å². The van der Waals surface area contributed by atoms with Crippen molar-refractivity contribution < 1.29 is 9.53 Å². The molecule has 0 aliphatic rings. The molecule has 6 heteroatoms. The molecule has 0 bridgehead atoms. The standard InChI is InChI=1S/C20H18ClN3O2/c1-13-6-7-15(21)11-18(13)24-19-9-8-16(12-22-19)23-20(25)14-4-3-5-17(10-14)26-2/h3-12H,1-2H3,(H,22,24)(H,23,25). The van der Waals surface area contributed by atoms with Crippen molar-refractivity contribution >= 4 is 34.7 Å². The number of anilines is 3. The molecule has 1 aromatic heterocycles. The zero-order chi connectivity index (χ0) is 18.5. The number of rotatable bonds is 5. The Kier molecular flexibility index (Phi) is 5.39. The van der Waals surface area contributed by atoms with Gasteiger partial charge in [-0.25, -0.2) is 4.98 Å². The van der Waals surface area contributed by atoms with E-state index in [9.17, 15) is 4.79 Å². The van der Waals surface area contributed by atoms with Gasteiger partial charge < -0.3 is 15.4 Å². The van der Waals surface area contributed by atoms with E-state index in [1.807, 2.05) is 25.1 Å². The molecule has 0 saturated carbocycles. The minimum absolute atomic E-state index is 0.225. The van der Waals surface area contributed by atoms with E-state index >= 15 is 0 Å². The maximum Gasteiger partial charge on any atom is 0.255 e. The van der Waals surface area contributed by atoms with Gasteiger partial charge in [0.05, 0.1) is 19.0 Å². The number of carbonyl (C=O) groups is 1. The summed E-state index contributed by atoms with van der Waals surface area (Å²) in [5, 5.41) is 6.68. The maximum atomic E-state index is 12.3. The first-order valence-corrected chi connectivity index (χ1v) is 8.37. The van der Waals surface area contributed by atoms with Crippen molar-refractivity contribution in [2.24, 2.45) is 0 Å². The molecule has 132 valence electrons. The number of methoxy groups -OCH3 is 1. The highest BCUT2D eigenvalue weighted by Crippen LogP contribution is 2.24. The topological polar surface area (TPSA) is 63.2 Å². The van der Waals surface area contributed by atoms with Crippen LogP contribution in [0.15, 0.2) is 60.8 Å². The monoisotopic (exact) mass is 367 g/mol. The molecule has 2 N–H and O–H groups in total. The number of nitrogens with zero attached hydrogens (tertiary/aromatic N) is 1. The van der Waals surface area contributed by atoms with Gasteiger partial charge in [0.1, 0.15) is 11.6 Å². The quantitative estimate of drug-likeness (QED) is 0.662. The maximum absolute atomic E-state index is 12.3. The molecule has 3 rings (SSSR count). The van der Waals surface area contributed by atoms with Gasteiger partial charge >= 0.3 is 0 Å². The predicted octanol–water partition coefficient (Wildman–Crippen LogP) is 5.05. The average Bonchev–Trinajstić information content (AvgIpc) is 2.66. The van der Waals surface area contributed by atoms with Crippen LogP contribution in [0.2, 0.25) is 5.02 Å². The van der Waals surface area contributed by atoms with Crippen LogP contribution < -0.4 is 15.4 Å². The molecule has 1 amide bonds. The number of benzene rings is 2. The number of pyridine rings is 1. The Labute approximate surface area is 157 Å². The van der Waals surface area contributed by atoms with E-state index in [0.29, 0.717) is 27.8 Å². The highest BCUT2D eigenvalue weighted by Gasteiger charge is 2.08. The summed E-state index contributed by atoms with van der Waals surface area (Å²) in [5.41, 5.74) is 3.07. The van der Waals surface area contributed by atoms with E-state index < -0.39 is 0 Å². The first-order chi connectivity index (χ1) is 12.5. The van der Waals surface area contributed by atoms with Crippen LogP contribution in [-0.4, -0.2) is 18.0 Å². The molecular formula is C20H18ClN3O2. The zero-order valence-corrected chi connectivity index (χ0v) is 15.2. The van der Waals surface area contributed by atoms with Gasteiger partial charge in [0, 0.05) is 16.3 Å². The SMILES string of the molecule is COc1cccc(C(=O)Nc2ccc(Nc3cc(Cl)ccc3C)nc2)c1. The first-order valence-electron chi connectivity index (χ1n) is 8.00. The van der Waals surface area contributed by atoms with Crippen molar-refractivity contribution in [1.29, 1.82) is 0 Å². The van der Waals surface area contributed by atoms with E-state index in [2.05, 4.69) is 15.6 Å². The third-order valence-corrected chi connectivity index (χ3v) is 4.05. The van der Waals surface area contributed by atoms with Crippen LogP contribution in [0.5, 0.6) is 5.75 Å². The molecule has 0 radical (unpaired) electrons. The summed E-state index contributed by atoms with van der Waals surface area (Å²) in [5.74, 6) is 1.07. The van der Waals surface area contributed by atoms with E-state index in [1.165, 1.54) is 0 Å². The van der Waals surface area contributed by atoms with Crippen LogP contribution in [0.25, 0.3) is 0 Å². The van der Waals surface area contributed by atoms with Crippen LogP contribution in [-0.2, 0) is 0 Å². The second kappa shape index (κ2) is 7.89. The Hall–Kier alpha value is -3.05. The van der Waals surface area contributed by atoms with Gasteiger partial charge in [-0.05, 0) is 55.0 Å². The minimum Gasteiger partial charge on any atom is -0.497 e. The Morgan fingerprint density at radius 2 is 1.96 bits per heavy atom. The Balaban J connectivity index is 1.69. The number of carbonyl (C=O) groups excluding carboxylic acids is 1. The minimum atomic E-state index is -0.225. The van der Waals surface area contributed by atoms with Gasteiger partial charge in [-0.1, -0.05) is 23.7 Å². The smallest absolute Gasteiger partial charge is 0.255 e. The highest BCUT2D eigenvalue weighted by molar-refractivity contribution is 6.30. The third-order valence-electron chi connectivity index (χ3n) is 3.82. The largest absolute Gasteiger partial charge is 0.497 e. The van der Waals surface area contributed by atoms with Crippen molar-refractivity contribution in [2.45, 2.75) is 6.92 Å². The van der Waals surface area contributed by atoms with Crippen LogP contribution >= 0.6 is 11.6 Å². The number of halogens is 1. The summed E-state index contributed by atoms with van der Waals surface area (Å²) in [6.45, 7) is 1.99. The lowest BCUT2D eigenvalue weighted by Crippen LogP contribution is -2.12. The summed E-state index contributed by atoms with van der Waals surface area (Å²) >= 11 is 6.03. The average molecular weight is 368 g/mol. The summed E-state index contributed by atoms with van der Waals surface area (Å²) in [6.07, 6.45) is 1.60. The molecule has 0 unspecified atom stereocenters. The van der Waals surface area contributed by atoms with E-state index in [-0.39, 0.29) is 5.91 Å². The zero-order valence-electron chi connectivity index (χ0n) is 14.4. The molecule has 26 heavy (non-hydrogen) atoms. The Morgan fingerprint density at radius 1 is 1.12 bits per heavy atom. The predicted molar refractivity (Wildman–Crippen MR) is 105 cm³/mol. The van der Waals surface area contributed by atoms with E-state index in [0.717, 1.165) is 11.3 Å². The van der Waals surface area contributed by atoms with Crippen molar-refractivity contribution in [3.05, 3.63) is 76.9 Å². The molecular weight excluding hydrogens is 350 g/mol. The number of ether oxygens (including phenoxy) is 1. The van der Waals surface area contributed by atoms with Crippen LogP contribution in [0, 0.1) is 6.92 Å². The van der Waals surface area contributed by atoms with Crippen LogP contribution in [0.4, 0.5) is 17.2 Å². The highest BCUT2D eigenvalue weighted by atomic mass is 35.5. The van der Waals surface area contributed by atoms with Crippen molar-refractivity contribution in [1.82, 2.24) is 4.98 Å². The first kappa shape index (κ1) is 17.8. The van der Waals surface area contributed by atoms with Gasteiger partial charge in [-0.2, -0.15) is 0 Å². The number of hydrogen-bond acceptors (Lipinski definition) is 4. The Morgan fingerprint density at radius 3 is 2.69 bits per heavy atom. The molecule has 3 aromatic rings. The molecule has 0 aliphatic carbocycles. The number of aryl methyl sites for hydroxylation is 1.